The van der Waals surface area contributed by atoms with Gasteiger partial charge in [0.05, 0.1) is 6.20 Å². The van der Waals surface area contributed by atoms with Gasteiger partial charge in [-0.05, 0) is 6.42 Å². The Labute approximate surface area is 98.6 Å². The molecule has 0 aliphatic heterocycles. The van der Waals surface area contributed by atoms with Crippen molar-refractivity contribution in [1.29, 1.82) is 0 Å². The molecule has 16 heavy (non-hydrogen) atoms. The molecule has 1 aromatic rings. The highest BCUT2D eigenvalue weighted by molar-refractivity contribution is 6.32. The molecule has 88 valence electrons. The first-order valence-electron chi connectivity index (χ1n) is 4.86. The maximum absolute atomic E-state index is 10.5. The molecule has 0 aliphatic rings. The van der Waals surface area contributed by atoms with Gasteiger partial charge in [-0.2, -0.15) is 4.98 Å². The molecule has 0 aromatic carbocycles. The molecule has 0 bridgehead atoms. The number of carbonyl (C=O) groups is 1. The average Bonchev–Trinajstić information content (AvgIpc) is 2.26. The van der Waals surface area contributed by atoms with E-state index in [1.165, 1.54) is 6.20 Å². The Morgan fingerprint density at radius 1 is 1.62 bits per heavy atom. The van der Waals surface area contributed by atoms with E-state index >= 15 is 0 Å². The van der Waals surface area contributed by atoms with Crippen LogP contribution >= 0.6 is 11.6 Å². The van der Waals surface area contributed by atoms with Gasteiger partial charge in [-0.25, -0.2) is 4.98 Å². The number of hydrogen-bond acceptors (Lipinski definition) is 5. The van der Waals surface area contributed by atoms with Crippen LogP contribution in [-0.2, 0) is 4.79 Å². The van der Waals surface area contributed by atoms with Crippen LogP contribution in [0.25, 0.3) is 0 Å². The van der Waals surface area contributed by atoms with Crippen molar-refractivity contribution < 1.29 is 4.79 Å². The van der Waals surface area contributed by atoms with Gasteiger partial charge in [-0.1, -0.05) is 11.6 Å². The van der Waals surface area contributed by atoms with Crippen molar-refractivity contribution >= 4 is 29.3 Å². The number of amides is 1. The van der Waals surface area contributed by atoms with E-state index in [0.29, 0.717) is 36.2 Å². The minimum atomic E-state index is -0.313. The van der Waals surface area contributed by atoms with Crippen molar-refractivity contribution in [2.24, 2.45) is 5.73 Å². The van der Waals surface area contributed by atoms with Gasteiger partial charge >= 0.3 is 0 Å². The van der Waals surface area contributed by atoms with E-state index in [9.17, 15) is 4.79 Å². The lowest BCUT2D eigenvalue weighted by molar-refractivity contribution is -0.118. The molecule has 0 saturated heterocycles. The second-order valence-electron chi connectivity index (χ2n) is 3.14. The molecule has 0 aliphatic carbocycles. The zero-order valence-electron chi connectivity index (χ0n) is 8.96. The third-order valence-corrected chi connectivity index (χ3v) is 2.14. The largest absolute Gasteiger partial charge is 0.370 e. The summed E-state index contributed by atoms with van der Waals surface area (Å²) in [6.45, 7) is 0.586. The number of aromatic nitrogens is 2. The molecular weight excluding hydrogens is 230 g/mol. The van der Waals surface area contributed by atoms with Gasteiger partial charge in [0.2, 0.25) is 11.9 Å². The second-order valence-corrected chi connectivity index (χ2v) is 3.54. The number of anilines is 2. The normalized spacial score (nSPS) is 9.88. The molecule has 1 rings (SSSR count). The van der Waals surface area contributed by atoms with Gasteiger partial charge in [-0.15, -0.1) is 0 Å². The molecule has 1 aromatic heterocycles. The summed E-state index contributed by atoms with van der Waals surface area (Å²) in [7, 11) is 1.72. The fourth-order valence-corrected chi connectivity index (χ4v) is 1.24. The third-order valence-electron chi connectivity index (χ3n) is 1.86. The number of halogens is 1. The van der Waals surface area contributed by atoms with Crippen LogP contribution in [0, 0.1) is 0 Å². The lowest BCUT2D eigenvalue weighted by Crippen LogP contribution is -2.13. The van der Waals surface area contributed by atoms with Crippen molar-refractivity contribution in [2.75, 3.05) is 24.2 Å². The third kappa shape index (κ3) is 3.90. The highest BCUT2D eigenvalue weighted by atomic mass is 35.5. The summed E-state index contributed by atoms with van der Waals surface area (Å²) in [6.07, 6.45) is 2.50. The smallest absolute Gasteiger partial charge is 0.224 e. The van der Waals surface area contributed by atoms with Crippen LogP contribution in [0.1, 0.15) is 12.8 Å². The monoisotopic (exact) mass is 243 g/mol. The number of carbonyl (C=O) groups excluding carboxylic acids is 1. The van der Waals surface area contributed by atoms with Crippen LogP contribution in [0.3, 0.4) is 0 Å². The van der Waals surface area contributed by atoms with Gasteiger partial charge in [0, 0.05) is 20.0 Å². The van der Waals surface area contributed by atoms with Crippen LogP contribution < -0.4 is 16.4 Å². The van der Waals surface area contributed by atoms with E-state index in [4.69, 9.17) is 17.3 Å². The first-order chi connectivity index (χ1) is 7.63. The summed E-state index contributed by atoms with van der Waals surface area (Å²) in [5.74, 6) is 0.721. The Kier molecular flexibility index (Phi) is 4.78. The minimum absolute atomic E-state index is 0.313. The zero-order chi connectivity index (χ0) is 12.0. The van der Waals surface area contributed by atoms with Gasteiger partial charge in [0.25, 0.3) is 0 Å². The first-order valence-corrected chi connectivity index (χ1v) is 5.23. The van der Waals surface area contributed by atoms with E-state index in [1.807, 2.05) is 0 Å². The molecule has 0 saturated carbocycles. The molecule has 1 heterocycles. The van der Waals surface area contributed by atoms with E-state index in [2.05, 4.69) is 20.6 Å². The molecule has 0 atom stereocenters. The molecule has 0 spiro atoms. The van der Waals surface area contributed by atoms with Crippen LogP contribution in [0.4, 0.5) is 11.8 Å². The number of hydrogen-bond donors (Lipinski definition) is 3. The standard InChI is InChI=1S/C9H14ClN5O/c1-12-9-14-5-6(10)8(15-9)13-4-2-3-7(11)16/h5H,2-4H2,1H3,(H2,11,16)(H2,12,13,14,15). The molecule has 0 unspecified atom stereocenters. The zero-order valence-corrected chi connectivity index (χ0v) is 9.71. The fraction of sp³-hybridized carbons (Fsp3) is 0.444. The van der Waals surface area contributed by atoms with Gasteiger partial charge in [-0.3, -0.25) is 4.79 Å². The summed E-state index contributed by atoms with van der Waals surface area (Å²) in [5, 5.41) is 6.26. The SMILES string of the molecule is CNc1ncc(Cl)c(NCCCC(N)=O)n1. The van der Waals surface area contributed by atoms with Crippen molar-refractivity contribution in [1.82, 2.24) is 9.97 Å². The summed E-state index contributed by atoms with van der Waals surface area (Å²) >= 11 is 5.89. The summed E-state index contributed by atoms with van der Waals surface area (Å²) in [4.78, 5) is 18.6. The van der Waals surface area contributed by atoms with Crippen LogP contribution in [0.5, 0.6) is 0 Å². The van der Waals surface area contributed by atoms with Crippen molar-refractivity contribution in [3.8, 4) is 0 Å². The quantitative estimate of drug-likeness (QED) is 0.644. The molecule has 4 N–H and O–H groups in total. The topological polar surface area (TPSA) is 92.9 Å². The van der Waals surface area contributed by atoms with E-state index in [1.54, 1.807) is 7.05 Å². The molecule has 0 radical (unpaired) electrons. The number of nitrogens with zero attached hydrogens (tertiary/aromatic N) is 2. The Balaban J connectivity index is 2.49. The highest BCUT2D eigenvalue weighted by Crippen LogP contribution is 2.18. The summed E-state index contributed by atoms with van der Waals surface area (Å²) in [6, 6.07) is 0. The van der Waals surface area contributed by atoms with E-state index < -0.39 is 0 Å². The molecule has 0 fully saturated rings. The van der Waals surface area contributed by atoms with E-state index in [0.717, 1.165) is 0 Å². The van der Waals surface area contributed by atoms with Gasteiger partial charge in [0.15, 0.2) is 0 Å². The van der Waals surface area contributed by atoms with Crippen molar-refractivity contribution in [2.45, 2.75) is 12.8 Å². The maximum Gasteiger partial charge on any atom is 0.224 e. The predicted molar refractivity (Wildman–Crippen MR) is 63.5 cm³/mol. The second kappa shape index (κ2) is 6.12. The molecule has 7 heteroatoms. The first kappa shape index (κ1) is 12.5. The molecular formula is C9H14ClN5O. The van der Waals surface area contributed by atoms with Crippen molar-refractivity contribution in [3.63, 3.8) is 0 Å². The minimum Gasteiger partial charge on any atom is -0.370 e. The molecule has 1 amide bonds. The lowest BCUT2D eigenvalue weighted by Gasteiger charge is -2.07. The van der Waals surface area contributed by atoms with E-state index in [-0.39, 0.29) is 5.91 Å². The number of primary amides is 1. The number of nitrogens with one attached hydrogen (secondary N) is 2. The number of nitrogens with two attached hydrogens (primary N) is 1. The Morgan fingerprint density at radius 2 is 2.38 bits per heavy atom. The summed E-state index contributed by atoms with van der Waals surface area (Å²) < 4.78 is 0. The van der Waals surface area contributed by atoms with Crippen LogP contribution in [0.2, 0.25) is 5.02 Å². The van der Waals surface area contributed by atoms with Gasteiger partial charge < -0.3 is 16.4 Å². The Bertz CT molecular complexity index is 371. The fourth-order valence-electron chi connectivity index (χ4n) is 1.08. The number of rotatable bonds is 6. The highest BCUT2D eigenvalue weighted by Gasteiger charge is 2.03. The maximum atomic E-state index is 10.5. The molecule has 6 nitrogen and oxygen atoms in total. The Hall–Kier alpha value is -1.56. The lowest BCUT2D eigenvalue weighted by atomic mass is 10.3. The van der Waals surface area contributed by atoms with Crippen LogP contribution in [-0.4, -0.2) is 29.5 Å². The summed E-state index contributed by atoms with van der Waals surface area (Å²) in [5.41, 5.74) is 5.02. The Morgan fingerprint density at radius 3 is 3.00 bits per heavy atom. The predicted octanol–water partition coefficient (Wildman–Crippen LogP) is 0.849. The average molecular weight is 244 g/mol. The van der Waals surface area contributed by atoms with Gasteiger partial charge in [0.1, 0.15) is 10.8 Å². The van der Waals surface area contributed by atoms with Crippen molar-refractivity contribution in [3.05, 3.63) is 11.2 Å². The van der Waals surface area contributed by atoms with Crippen LogP contribution in [0.15, 0.2) is 6.20 Å².